The molecule has 0 radical (unpaired) electrons. The molecule has 0 fully saturated rings. The van der Waals surface area contributed by atoms with Crippen molar-refractivity contribution in [3.63, 3.8) is 0 Å². The average Bonchev–Trinajstić information content (AvgIpc) is 2.63. The van der Waals surface area contributed by atoms with Gasteiger partial charge in [-0.25, -0.2) is 0 Å². The van der Waals surface area contributed by atoms with Crippen molar-refractivity contribution >= 4 is 50.5 Å². The zero-order valence-electron chi connectivity index (χ0n) is 15.3. The number of hydrogen-bond acceptors (Lipinski definition) is 3. The predicted molar refractivity (Wildman–Crippen MR) is 118 cm³/mol. The second kappa shape index (κ2) is 8.10. The predicted octanol–water partition coefficient (Wildman–Crippen LogP) is 3.95. The Bertz CT molecular complexity index is 891. The molecule has 1 heterocycles. The van der Waals surface area contributed by atoms with Crippen molar-refractivity contribution in [2.75, 3.05) is 24.3 Å². The first-order valence-corrected chi connectivity index (χ1v) is 9.68. The van der Waals surface area contributed by atoms with Gasteiger partial charge in [0.1, 0.15) is 0 Å². The summed E-state index contributed by atoms with van der Waals surface area (Å²) in [7, 11) is 3.99. The number of amides is 1. The quantitative estimate of drug-likeness (QED) is 0.623. The maximum absolute atomic E-state index is 13.0. The van der Waals surface area contributed by atoms with Crippen molar-refractivity contribution < 1.29 is 4.79 Å². The van der Waals surface area contributed by atoms with Gasteiger partial charge in [-0.2, -0.15) is 0 Å². The summed E-state index contributed by atoms with van der Waals surface area (Å²) in [5.41, 5.74) is 4.17. The molecule has 2 aromatic rings. The van der Waals surface area contributed by atoms with Crippen LogP contribution in [-0.4, -0.2) is 25.1 Å². The minimum Gasteiger partial charge on any atom is -0.378 e. The molecular formula is C20H21BrN4OS. The summed E-state index contributed by atoms with van der Waals surface area (Å²) in [4.78, 5) is 15.1. The van der Waals surface area contributed by atoms with Crippen LogP contribution in [0.3, 0.4) is 0 Å². The lowest BCUT2D eigenvalue weighted by atomic mass is 9.94. The molecule has 2 aromatic carbocycles. The topological polar surface area (TPSA) is 56.4 Å². The first kappa shape index (κ1) is 19.4. The molecule has 5 nitrogen and oxygen atoms in total. The van der Waals surface area contributed by atoms with E-state index in [1.54, 1.807) is 0 Å². The molecule has 7 heteroatoms. The zero-order valence-corrected chi connectivity index (χ0v) is 17.7. The molecule has 3 N–H and O–H groups in total. The van der Waals surface area contributed by atoms with Gasteiger partial charge in [-0.3, -0.25) is 4.79 Å². The Kier molecular flexibility index (Phi) is 5.82. The van der Waals surface area contributed by atoms with Crippen LogP contribution in [0.1, 0.15) is 18.5 Å². The van der Waals surface area contributed by atoms with Gasteiger partial charge in [-0.15, -0.1) is 0 Å². The first-order chi connectivity index (χ1) is 12.8. The van der Waals surface area contributed by atoms with Gasteiger partial charge >= 0.3 is 0 Å². The number of benzene rings is 2. The van der Waals surface area contributed by atoms with Crippen molar-refractivity contribution in [1.29, 1.82) is 0 Å². The fourth-order valence-electron chi connectivity index (χ4n) is 2.94. The molecule has 0 spiro atoms. The van der Waals surface area contributed by atoms with E-state index in [4.69, 9.17) is 12.2 Å². The Labute approximate surface area is 173 Å². The minimum atomic E-state index is -0.314. The van der Waals surface area contributed by atoms with Crippen molar-refractivity contribution in [3.05, 3.63) is 69.8 Å². The van der Waals surface area contributed by atoms with Crippen LogP contribution in [0.15, 0.2) is 64.3 Å². The molecule has 0 saturated heterocycles. The third kappa shape index (κ3) is 4.48. The monoisotopic (exact) mass is 444 g/mol. The van der Waals surface area contributed by atoms with Gasteiger partial charge in [-0.05, 0) is 61.1 Å². The van der Waals surface area contributed by atoms with Crippen LogP contribution in [0, 0.1) is 0 Å². The Balaban J connectivity index is 1.91. The van der Waals surface area contributed by atoms with E-state index < -0.39 is 0 Å². The lowest BCUT2D eigenvalue weighted by molar-refractivity contribution is -0.113. The smallest absolute Gasteiger partial charge is 0.255 e. The summed E-state index contributed by atoms with van der Waals surface area (Å²) < 4.78 is 0.959. The molecule has 27 heavy (non-hydrogen) atoms. The number of nitrogens with one attached hydrogen (secondary N) is 3. The van der Waals surface area contributed by atoms with E-state index in [2.05, 4.69) is 31.9 Å². The Morgan fingerprint density at radius 3 is 2.33 bits per heavy atom. The number of nitrogens with zero attached hydrogens (tertiary/aromatic N) is 1. The van der Waals surface area contributed by atoms with Gasteiger partial charge in [0.05, 0.1) is 11.6 Å². The Hall–Kier alpha value is -2.38. The van der Waals surface area contributed by atoms with Gasteiger partial charge in [0.15, 0.2) is 5.11 Å². The second-order valence-corrected chi connectivity index (χ2v) is 7.84. The van der Waals surface area contributed by atoms with E-state index in [0.29, 0.717) is 10.7 Å². The molecule has 140 valence electrons. The number of allylic oxidation sites excluding steroid dienone is 1. The summed E-state index contributed by atoms with van der Waals surface area (Å²) in [5, 5.41) is 9.75. The summed E-state index contributed by atoms with van der Waals surface area (Å²) >= 11 is 8.71. The maximum Gasteiger partial charge on any atom is 0.255 e. The van der Waals surface area contributed by atoms with E-state index in [-0.39, 0.29) is 11.9 Å². The third-order valence-corrected chi connectivity index (χ3v) is 5.11. The molecule has 1 aliphatic heterocycles. The van der Waals surface area contributed by atoms with Crippen LogP contribution >= 0.6 is 28.1 Å². The highest BCUT2D eigenvalue weighted by molar-refractivity contribution is 9.10. The number of thiocarbonyl (C=S) groups is 1. The zero-order chi connectivity index (χ0) is 19.6. The van der Waals surface area contributed by atoms with Crippen LogP contribution in [0.25, 0.3) is 0 Å². The largest absolute Gasteiger partial charge is 0.378 e. The van der Waals surface area contributed by atoms with Gasteiger partial charge < -0.3 is 20.9 Å². The van der Waals surface area contributed by atoms with E-state index in [1.807, 2.05) is 74.4 Å². The summed E-state index contributed by atoms with van der Waals surface area (Å²) in [6.45, 7) is 1.87. The van der Waals surface area contributed by atoms with Crippen LogP contribution < -0.4 is 20.9 Å². The average molecular weight is 445 g/mol. The van der Waals surface area contributed by atoms with Gasteiger partial charge in [-0.1, -0.05) is 28.1 Å². The molecule has 1 amide bonds. The number of hydrogen-bond donors (Lipinski definition) is 3. The molecule has 0 bridgehead atoms. The summed E-state index contributed by atoms with van der Waals surface area (Å²) in [6.07, 6.45) is 0. The van der Waals surface area contributed by atoms with E-state index >= 15 is 0 Å². The Morgan fingerprint density at radius 2 is 1.74 bits per heavy atom. The Morgan fingerprint density at radius 1 is 1.11 bits per heavy atom. The number of anilines is 2. The normalized spacial score (nSPS) is 16.4. The van der Waals surface area contributed by atoms with Gasteiger partial charge in [0, 0.05) is 35.6 Å². The molecule has 0 saturated carbocycles. The molecular weight excluding hydrogens is 424 g/mol. The van der Waals surface area contributed by atoms with E-state index in [0.717, 1.165) is 27.1 Å². The first-order valence-electron chi connectivity index (χ1n) is 8.47. The molecule has 1 aliphatic rings. The number of rotatable bonds is 4. The third-order valence-electron chi connectivity index (χ3n) is 4.36. The SMILES string of the molecule is CC1=C(C(=O)Nc2ccc(Br)cc2)[C@H](c2ccc(N(C)C)cc2)NC(=S)N1. The second-order valence-electron chi connectivity index (χ2n) is 6.52. The minimum absolute atomic E-state index is 0.168. The molecule has 0 aromatic heterocycles. The number of carbonyl (C=O) groups excluding carboxylic acids is 1. The molecule has 1 atom stereocenters. The van der Waals surface area contributed by atoms with Crippen molar-refractivity contribution in [3.8, 4) is 0 Å². The van der Waals surface area contributed by atoms with Crippen LogP contribution in [-0.2, 0) is 4.79 Å². The van der Waals surface area contributed by atoms with Crippen molar-refractivity contribution in [2.45, 2.75) is 13.0 Å². The number of carbonyl (C=O) groups is 1. The van der Waals surface area contributed by atoms with Crippen molar-refractivity contribution in [2.24, 2.45) is 0 Å². The standard InChI is InChI=1S/C20H21BrN4OS/c1-12-17(19(26)23-15-8-6-14(21)7-9-15)18(24-20(27)22-12)13-4-10-16(11-5-13)25(2)3/h4-11,18H,1-3H3,(H,23,26)(H2,22,24,27)/t18-/m0/s1. The van der Waals surface area contributed by atoms with Crippen molar-refractivity contribution in [1.82, 2.24) is 10.6 Å². The molecule has 0 unspecified atom stereocenters. The number of halogens is 1. The lowest BCUT2D eigenvalue weighted by Gasteiger charge is -2.30. The van der Waals surface area contributed by atoms with Crippen LogP contribution in [0.5, 0.6) is 0 Å². The van der Waals surface area contributed by atoms with Crippen LogP contribution in [0.2, 0.25) is 0 Å². The molecule has 0 aliphatic carbocycles. The summed E-state index contributed by atoms with van der Waals surface area (Å²) in [5.74, 6) is -0.168. The highest BCUT2D eigenvalue weighted by Gasteiger charge is 2.29. The fourth-order valence-corrected chi connectivity index (χ4v) is 3.48. The van der Waals surface area contributed by atoms with Gasteiger partial charge in [0.25, 0.3) is 5.91 Å². The van der Waals surface area contributed by atoms with Crippen LogP contribution in [0.4, 0.5) is 11.4 Å². The van der Waals surface area contributed by atoms with E-state index in [9.17, 15) is 4.79 Å². The highest BCUT2D eigenvalue weighted by Crippen LogP contribution is 2.29. The fraction of sp³-hybridized carbons (Fsp3) is 0.200. The lowest BCUT2D eigenvalue weighted by Crippen LogP contribution is -2.45. The van der Waals surface area contributed by atoms with E-state index in [1.165, 1.54) is 0 Å². The van der Waals surface area contributed by atoms with Gasteiger partial charge in [0.2, 0.25) is 0 Å². The summed E-state index contributed by atoms with van der Waals surface area (Å²) in [6, 6.07) is 15.3. The highest BCUT2D eigenvalue weighted by atomic mass is 79.9. The maximum atomic E-state index is 13.0. The molecule has 3 rings (SSSR count).